The summed E-state index contributed by atoms with van der Waals surface area (Å²) >= 11 is 0. The third-order valence-corrected chi connectivity index (χ3v) is 5.70. The Morgan fingerprint density at radius 1 is 0.900 bits per heavy atom. The summed E-state index contributed by atoms with van der Waals surface area (Å²) in [7, 11) is 0. The van der Waals surface area contributed by atoms with Crippen LogP contribution in [-0.2, 0) is 0 Å². The van der Waals surface area contributed by atoms with Gasteiger partial charge in [0.25, 0.3) is 0 Å². The lowest BCUT2D eigenvalue weighted by molar-refractivity contribution is 0.195. The number of halogens is 2. The zero-order valence-corrected chi connectivity index (χ0v) is 16.4. The van der Waals surface area contributed by atoms with Crippen LogP contribution in [0.2, 0.25) is 0 Å². The lowest BCUT2D eigenvalue weighted by Gasteiger charge is -2.36. The van der Waals surface area contributed by atoms with Gasteiger partial charge in [-0.1, -0.05) is 30.3 Å². The van der Waals surface area contributed by atoms with E-state index in [1.807, 2.05) is 41.2 Å². The molecule has 4 nitrogen and oxygen atoms in total. The Morgan fingerprint density at radius 2 is 1.67 bits per heavy atom. The topological polar surface area (TPSA) is 33.1 Å². The molecule has 0 amide bonds. The summed E-state index contributed by atoms with van der Waals surface area (Å²) < 4.78 is 30.5. The maximum Gasteiger partial charge on any atom is 0.128 e. The smallest absolute Gasteiger partial charge is 0.128 e. The van der Waals surface area contributed by atoms with Gasteiger partial charge in [0.1, 0.15) is 11.6 Å². The van der Waals surface area contributed by atoms with Gasteiger partial charge < -0.3 is 5.32 Å². The number of para-hydroxylation sites is 1. The van der Waals surface area contributed by atoms with Gasteiger partial charge in [-0.15, -0.1) is 0 Å². The molecule has 1 unspecified atom stereocenters. The van der Waals surface area contributed by atoms with E-state index in [2.05, 4.69) is 15.3 Å². The van der Waals surface area contributed by atoms with E-state index in [0.29, 0.717) is 5.56 Å². The van der Waals surface area contributed by atoms with Crippen molar-refractivity contribution in [3.63, 3.8) is 0 Å². The zero-order valence-electron chi connectivity index (χ0n) is 16.4. The van der Waals surface area contributed by atoms with Gasteiger partial charge in [-0.05, 0) is 42.0 Å². The molecule has 5 rings (SSSR count). The van der Waals surface area contributed by atoms with Crippen LogP contribution in [0.4, 0.5) is 8.78 Å². The SMILES string of the molecule is Fc1ccc(C(c2cc(-n3ncc4ccccc43)ccc2F)N2CCNCC2)cc1. The van der Waals surface area contributed by atoms with Gasteiger partial charge in [0, 0.05) is 37.1 Å². The summed E-state index contributed by atoms with van der Waals surface area (Å²) in [6.45, 7) is 3.25. The third kappa shape index (κ3) is 3.49. The van der Waals surface area contributed by atoms with Gasteiger partial charge in [0.2, 0.25) is 0 Å². The second-order valence-electron chi connectivity index (χ2n) is 7.56. The molecule has 152 valence electrons. The normalized spacial score (nSPS) is 16.1. The summed E-state index contributed by atoms with van der Waals surface area (Å²) in [6, 6.07) is 19.1. The van der Waals surface area contributed by atoms with Crippen LogP contribution < -0.4 is 5.32 Å². The standard InChI is InChI=1S/C24H22F2N4/c25-19-7-5-17(6-8-19)24(29-13-11-27-12-14-29)21-15-20(9-10-22(21)26)30-23-4-2-1-3-18(23)16-28-30/h1-10,15-16,24,27H,11-14H2. The molecule has 0 spiro atoms. The number of piperazine rings is 1. The lowest BCUT2D eigenvalue weighted by atomic mass is 9.95. The molecule has 0 saturated carbocycles. The van der Waals surface area contributed by atoms with Crippen molar-refractivity contribution in [3.05, 3.63) is 95.7 Å². The first-order valence-electron chi connectivity index (χ1n) is 10.1. The van der Waals surface area contributed by atoms with Gasteiger partial charge >= 0.3 is 0 Å². The largest absolute Gasteiger partial charge is 0.314 e. The minimum atomic E-state index is -0.297. The first kappa shape index (κ1) is 18.9. The fraction of sp³-hybridized carbons (Fsp3) is 0.208. The average Bonchev–Trinajstić information content (AvgIpc) is 3.21. The van der Waals surface area contributed by atoms with Crippen LogP contribution in [0.1, 0.15) is 17.2 Å². The summed E-state index contributed by atoms with van der Waals surface area (Å²) in [4.78, 5) is 2.24. The van der Waals surface area contributed by atoms with Gasteiger partial charge in [0.15, 0.2) is 0 Å². The quantitative estimate of drug-likeness (QED) is 0.551. The molecule has 2 heterocycles. The molecule has 3 aromatic carbocycles. The Bertz CT molecular complexity index is 1160. The Morgan fingerprint density at radius 3 is 2.47 bits per heavy atom. The van der Waals surface area contributed by atoms with E-state index in [1.54, 1.807) is 18.2 Å². The molecular weight excluding hydrogens is 382 g/mol. The number of fused-ring (bicyclic) bond motifs is 1. The van der Waals surface area contributed by atoms with Crippen molar-refractivity contribution in [1.29, 1.82) is 0 Å². The molecule has 6 heteroatoms. The highest BCUT2D eigenvalue weighted by Crippen LogP contribution is 2.33. The van der Waals surface area contributed by atoms with Crippen LogP contribution in [0, 0.1) is 11.6 Å². The van der Waals surface area contributed by atoms with E-state index in [-0.39, 0.29) is 17.7 Å². The molecular formula is C24H22F2N4. The highest BCUT2D eigenvalue weighted by molar-refractivity contribution is 5.80. The Balaban J connectivity index is 1.63. The predicted molar refractivity (Wildman–Crippen MR) is 114 cm³/mol. The lowest BCUT2D eigenvalue weighted by Crippen LogP contribution is -2.45. The van der Waals surface area contributed by atoms with Gasteiger partial charge in [-0.25, -0.2) is 13.5 Å². The molecule has 1 aromatic heterocycles. The second kappa shape index (κ2) is 7.97. The highest BCUT2D eigenvalue weighted by atomic mass is 19.1. The molecule has 0 bridgehead atoms. The Kier molecular flexibility index (Phi) is 5.02. The summed E-state index contributed by atoms with van der Waals surface area (Å²) in [6.07, 6.45) is 1.81. The minimum Gasteiger partial charge on any atom is -0.314 e. The second-order valence-corrected chi connectivity index (χ2v) is 7.56. The molecule has 1 aliphatic rings. The van der Waals surface area contributed by atoms with Crippen molar-refractivity contribution >= 4 is 10.9 Å². The van der Waals surface area contributed by atoms with Crippen molar-refractivity contribution < 1.29 is 8.78 Å². The summed E-state index contributed by atoms with van der Waals surface area (Å²) in [5, 5.41) is 8.88. The number of hydrogen-bond acceptors (Lipinski definition) is 3. The maximum absolute atomic E-state index is 15.1. The molecule has 1 atom stereocenters. The van der Waals surface area contributed by atoms with Gasteiger partial charge in [0.05, 0.1) is 23.4 Å². The van der Waals surface area contributed by atoms with Crippen LogP contribution in [0.25, 0.3) is 16.6 Å². The van der Waals surface area contributed by atoms with Crippen LogP contribution >= 0.6 is 0 Å². The van der Waals surface area contributed by atoms with E-state index in [0.717, 1.165) is 48.3 Å². The first-order valence-corrected chi connectivity index (χ1v) is 10.1. The fourth-order valence-corrected chi connectivity index (χ4v) is 4.22. The molecule has 4 aromatic rings. The van der Waals surface area contributed by atoms with Crippen molar-refractivity contribution in [2.24, 2.45) is 0 Å². The van der Waals surface area contributed by atoms with Crippen LogP contribution in [-0.4, -0.2) is 40.9 Å². The molecule has 1 N–H and O–H groups in total. The summed E-state index contributed by atoms with van der Waals surface area (Å²) in [5.74, 6) is -0.571. The first-order chi connectivity index (χ1) is 14.7. The van der Waals surface area contributed by atoms with Crippen molar-refractivity contribution in [2.75, 3.05) is 26.2 Å². The van der Waals surface area contributed by atoms with E-state index >= 15 is 4.39 Å². The van der Waals surface area contributed by atoms with E-state index in [4.69, 9.17) is 0 Å². The average molecular weight is 404 g/mol. The number of rotatable bonds is 4. The Hall–Kier alpha value is -3.09. The number of nitrogens with one attached hydrogen (secondary N) is 1. The molecule has 30 heavy (non-hydrogen) atoms. The number of aromatic nitrogens is 2. The van der Waals surface area contributed by atoms with Crippen LogP contribution in [0.5, 0.6) is 0 Å². The summed E-state index contributed by atoms with van der Waals surface area (Å²) in [5.41, 5.74) is 3.21. The fourth-order valence-electron chi connectivity index (χ4n) is 4.22. The predicted octanol–water partition coefficient (Wildman–Crippen LogP) is 4.30. The number of nitrogens with zero attached hydrogens (tertiary/aromatic N) is 3. The van der Waals surface area contributed by atoms with Crippen molar-refractivity contribution in [1.82, 2.24) is 20.0 Å². The molecule has 1 aliphatic heterocycles. The zero-order chi connectivity index (χ0) is 20.5. The molecule has 1 fully saturated rings. The maximum atomic E-state index is 15.1. The number of benzene rings is 3. The van der Waals surface area contributed by atoms with E-state index in [9.17, 15) is 4.39 Å². The van der Waals surface area contributed by atoms with Gasteiger partial charge in [-0.3, -0.25) is 4.90 Å². The molecule has 0 aliphatic carbocycles. The number of hydrogen-bond donors (Lipinski definition) is 1. The van der Waals surface area contributed by atoms with Crippen LogP contribution in [0.3, 0.4) is 0 Å². The van der Waals surface area contributed by atoms with Gasteiger partial charge in [-0.2, -0.15) is 5.10 Å². The van der Waals surface area contributed by atoms with Crippen LogP contribution in [0.15, 0.2) is 72.9 Å². The monoisotopic (exact) mass is 404 g/mol. The van der Waals surface area contributed by atoms with E-state index in [1.165, 1.54) is 18.2 Å². The molecule has 0 radical (unpaired) electrons. The van der Waals surface area contributed by atoms with E-state index < -0.39 is 0 Å². The van der Waals surface area contributed by atoms with Crippen molar-refractivity contribution in [2.45, 2.75) is 6.04 Å². The molecule has 1 saturated heterocycles. The van der Waals surface area contributed by atoms with Crippen molar-refractivity contribution in [3.8, 4) is 5.69 Å². The Labute approximate surface area is 173 Å². The minimum absolute atomic E-state index is 0.275. The highest BCUT2D eigenvalue weighted by Gasteiger charge is 2.27. The third-order valence-electron chi connectivity index (χ3n) is 5.70.